The molecule has 0 aliphatic heterocycles. The van der Waals surface area contributed by atoms with Gasteiger partial charge in [0.15, 0.2) is 0 Å². The minimum absolute atomic E-state index is 0.0337. The molecule has 0 radical (unpaired) electrons. The summed E-state index contributed by atoms with van der Waals surface area (Å²) < 4.78 is 5.28. The molecule has 5 heteroatoms. The van der Waals surface area contributed by atoms with Crippen LogP contribution in [-0.4, -0.2) is 31.5 Å². The van der Waals surface area contributed by atoms with Crippen molar-refractivity contribution in [1.82, 2.24) is 10.6 Å². The van der Waals surface area contributed by atoms with Crippen molar-refractivity contribution in [3.05, 3.63) is 54.1 Å². The molecule has 1 aliphatic rings. The van der Waals surface area contributed by atoms with Gasteiger partial charge < -0.3 is 15.4 Å². The van der Waals surface area contributed by atoms with Crippen molar-refractivity contribution >= 4 is 11.8 Å². The maximum absolute atomic E-state index is 12.4. The van der Waals surface area contributed by atoms with Gasteiger partial charge in [0, 0.05) is 6.04 Å². The highest BCUT2D eigenvalue weighted by molar-refractivity contribution is 6.00. The molecule has 0 spiro atoms. The summed E-state index contributed by atoms with van der Waals surface area (Å²) in [5, 5.41) is 5.50. The maximum Gasteiger partial charge on any atom is 0.255 e. The molecule has 0 bridgehead atoms. The van der Waals surface area contributed by atoms with Crippen LogP contribution in [0.3, 0.4) is 0 Å². The van der Waals surface area contributed by atoms with Crippen molar-refractivity contribution in [3.63, 3.8) is 0 Å². The minimum Gasteiger partial charge on any atom is -0.496 e. The van der Waals surface area contributed by atoms with Gasteiger partial charge >= 0.3 is 0 Å². The monoisotopic (exact) mass is 324 g/mol. The number of benzene rings is 2. The van der Waals surface area contributed by atoms with Gasteiger partial charge in [-0.3, -0.25) is 9.59 Å². The number of ether oxygens (including phenoxy) is 1. The third-order valence-corrected chi connectivity index (χ3v) is 3.90. The lowest BCUT2D eigenvalue weighted by molar-refractivity contribution is -0.120. The quantitative estimate of drug-likeness (QED) is 0.857. The highest BCUT2D eigenvalue weighted by atomic mass is 16.5. The van der Waals surface area contributed by atoms with Gasteiger partial charge in [-0.15, -0.1) is 0 Å². The molecular formula is C19H20N2O3. The van der Waals surface area contributed by atoms with Crippen molar-refractivity contribution in [3.8, 4) is 16.9 Å². The molecule has 3 rings (SSSR count). The molecule has 1 fully saturated rings. The van der Waals surface area contributed by atoms with Crippen molar-refractivity contribution < 1.29 is 14.3 Å². The Bertz CT molecular complexity index is 740. The molecule has 2 amide bonds. The predicted octanol–water partition coefficient (Wildman–Crippen LogP) is 2.37. The van der Waals surface area contributed by atoms with Gasteiger partial charge in [0.2, 0.25) is 5.91 Å². The Balaban J connectivity index is 1.74. The number of carbonyl (C=O) groups is 2. The van der Waals surface area contributed by atoms with Crippen LogP contribution in [0.1, 0.15) is 23.2 Å². The molecular weight excluding hydrogens is 304 g/mol. The molecule has 0 unspecified atom stereocenters. The van der Waals surface area contributed by atoms with Crippen LogP contribution in [-0.2, 0) is 4.79 Å². The van der Waals surface area contributed by atoms with Crippen LogP contribution in [0.2, 0.25) is 0 Å². The fraction of sp³-hybridized carbons (Fsp3) is 0.263. The third-order valence-electron chi connectivity index (χ3n) is 3.90. The van der Waals surface area contributed by atoms with E-state index in [1.54, 1.807) is 12.1 Å². The first-order valence-electron chi connectivity index (χ1n) is 7.98. The van der Waals surface area contributed by atoms with E-state index >= 15 is 0 Å². The van der Waals surface area contributed by atoms with Gasteiger partial charge in [0.25, 0.3) is 5.91 Å². The molecule has 0 heterocycles. The first kappa shape index (κ1) is 16.1. The van der Waals surface area contributed by atoms with Crippen molar-refractivity contribution in [2.45, 2.75) is 18.9 Å². The normalized spacial score (nSPS) is 13.2. The molecule has 124 valence electrons. The van der Waals surface area contributed by atoms with Gasteiger partial charge in [-0.25, -0.2) is 0 Å². The Hall–Kier alpha value is -2.82. The van der Waals surface area contributed by atoms with E-state index in [0.29, 0.717) is 11.3 Å². The van der Waals surface area contributed by atoms with Crippen LogP contribution in [0.4, 0.5) is 0 Å². The number of methoxy groups -OCH3 is 1. The van der Waals surface area contributed by atoms with Gasteiger partial charge in [0.1, 0.15) is 5.75 Å². The second kappa shape index (κ2) is 7.17. The lowest BCUT2D eigenvalue weighted by Gasteiger charge is -2.11. The summed E-state index contributed by atoms with van der Waals surface area (Å²) in [4.78, 5) is 24.2. The highest BCUT2D eigenvalue weighted by Crippen LogP contribution is 2.26. The number of carbonyl (C=O) groups excluding carboxylic acids is 2. The second-order valence-corrected chi connectivity index (χ2v) is 5.81. The maximum atomic E-state index is 12.4. The Morgan fingerprint density at radius 3 is 2.50 bits per heavy atom. The summed E-state index contributed by atoms with van der Waals surface area (Å²) in [6, 6.07) is 15.5. The van der Waals surface area contributed by atoms with Crippen LogP contribution in [0.15, 0.2) is 48.5 Å². The Morgan fingerprint density at radius 1 is 1.08 bits per heavy atom. The van der Waals surface area contributed by atoms with E-state index in [2.05, 4.69) is 10.6 Å². The number of rotatable bonds is 6. The molecule has 0 aromatic heterocycles. The predicted molar refractivity (Wildman–Crippen MR) is 91.9 cm³/mol. The minimum atomic E-state index is -0.324. The van der Waals surface area contributed by atoms with Crippen LogP contribution >= 0.6 is 0 Å². The van der Waals surface area contributed by atoms with E-state index in [1.807, 2.05) is 36.4 Å². The molecule has 2 aromatic carbocycles. The highest BCUT2D eigenvalue weighted by Gasteiger charge is 2.23. The van der Waals surface area contributed by atoms with E-state index in [0.717, 1.165) is 24.0 Å². The van der Waals surface area contributed by atoms with Crippen LogP contribution in [0, 0.1) is 0 Å². The largest absolute Gasteiger partial charge is 0.496 e. The average molecular weight is 324 g/mol. The fourth-order valence-corrected chi connectivity index (χ4v) is 2.46. The molecule has 0 atom stereocenters. The van der Waals surface area contributed by atoms with Crippen LogP contribution in [0.5, 0.6) is 5.75 Å². The number of amides is 2. The molecule has 1 aliphatic carbocycles. The average Bonchev–Trinajstić information content (AvgIpc) is 3.43. The zero-order valence-electron chi connectivity index (χ0n) is 13.5. The van der Waals surface area contributed by atoms with Crippen LogP contribution < -0.4 is 15.4 Å². The van der Waals surface area contributed by atoms with Crippen molar-refractivity contribution in [2.24, 2.45) is 0 Å². The van der Waals surface area contributed by atoms with E-state index in [9.17, 15) is 9.59 Å². The molecule has 1 saturated carbocycles. The Labute approximate surface area is 141 Å². The van der Waals surface area contributed by atoms with Crippen molar-refractivity contribution in [2.75, 3.05) is 13.7 Å². The zero-order chi connectivity index (χ0) is 16.9. The molecule has 5 nitrogen and oxygen atoms in total. The van der Waals surface area contributed by atoms with Gasteiger partial charge in [-0.05, 0) is 36.1 Å². The lowest BCUT2D eigenvalue weighted by atomic mass is 10.0. The van der Waals surface area contributed by atoms with E-state index in [4.69, 9.17) is 4.74 Å². The topological polar surface area (TPSA) is 67.4 Å². The smallest absolute Gasteiger partial charge is 0.255 e. The molecule has 0 saturated heterocycles. The van der Waals surface area contributed by atoms with Crippen molar-refractivity contribution in [1.29, 1.82) is 0 Å². The second-order valence-electron chi connectivity index (χ2n) is 5.81. The third kappa shape index (κ3) is 3.93. The SMILES string of the molecule is COc1ccc(-c2ccccc2)cc1C(=O)NCC(=O)NC1CC1. The fourth-order valence-electron chi connectivity index (χ4n) is 2.46. The van der Waals surface area contributed by atoms with Gasteiger partial charge in [-0.2, -0.15) is 0 Å². The summed E-state index contributed by atoms with van der Waals surface area (Å²) >= 11 is 0. The summed E-state index contributed by atoms with van der Waals surface area (Å²) in [5.74, 6) is -0.00519. The Kier molecular flexibility index (Phi) is 4.79. The number of hydrogen-bond donors (Lipinski definition) is 2. The summed E-state index contributed by atoms with van der Waals surface area (Å²) in [6.45, 7) is -0.0337. The molecule has 24 heavy (non-hydrogen) atoms. The van der Waals surface area contributed by atoms with E-state index in [1.165, 1.54) is 7.11 Å². The summed E-state index contributed by atoms with van der Waals surface area (Å²) in [7, 11) is 1.52. The van der Waals surface area contributed by atoms with Crippen LogP contribution in [0.25, 0.3) is 11.1 Å². The van der Waals surface area contributed by atoms with Gasteiger partial charge in [0.05, 0.1) is 19.2 Å². The first-order chi connectivity index (χ1) is 11.7. The number of nitrogens with one attached hydrogen (secondary N) is 2. The Morgan fingerprint density at radius 2 is 1.83 bits per heavy atom. The van der Waals surface area contributed by atoms with Gasteiger partial charge in [-0.1, -0.05) is 36.4 Å². The van der Waals surface area contributed by atoms with E-state index < -0.39 is 0 Å². The summed E-state index contributed by atoms with van der Waals surface area (Å²) in [6.07, 6.45) is 2.04. The number of hydrogen-bond acceptors (Lipinski definition) is 3. The zero-order valence-corrected chi connectivity index (χ0v) is 13.5. The standard InChI is InChI=1S/C19H20N2O3/c1-24-17-10-7-14(13-5-3-2-4-6-13)11-16(17)19(23)20-12-18(22)21-15-8-9-15/h2-7,10-11,15H,8-9,12H2,1H3,(H,20,23)(H,21,22). The van der Waals surface area contributed by atoms with E-state index in [-0.39, 0.29) is 24.4 Å². The first-order valence-corrected chi connectivity index (χ1v) is 7.98. The summed E-state index contributed by atoms with van der Waals surface area (Å²) in [5.41, 5.74) is 2.35. The lowest BCUT2D eigenvalue weighted by Crippen LogP contribution is -2.37. The molecule has 2 aromatic rings. The molecule has 2 N–H and O–H groups in total.